The van der Waals surface area contributed by atoms with Gasteiger partial charge >= 0.3 is 0 Å². The molecule has 1 aliphatic carbocycles. The van der Waals surface area contributed by atoms with Crippen LogP contribution in [0.5, 0.6) is 5.75 Å². The summed E-state index contributed by atoms with van der Waals surface area (Å²) < 4.78 is 22.5. The fraction of sp³-hybridized carbons (Fsp3) is 0.233. The van der Waals surface area contributed by atoms with Crippen LogP contribution in [-0.2, 0) is 0 Å². The molecule has 1 amide bonds. The zero-order valence-corrected chi connectivity index (χ0v) is 22.4. The van der Waals surface area contributed by atoms with E-state index in [0.717, 1.165) is 35.0 Å². The number of nitrogens with two attached hydrogens (primary N) is 1. The molecular weight excluding hydrogens is 525 g/mol. The van der Waals surface area contributed by atoms with Crippen molar-refractivity contribution in [1.29, 1.82) is 0 Å². The van der Waals surface area contributed by atoms with Gasteiger partial charge in [0.2, 0.25) is 0 Å². The van der Waals surface area contributed by atoms with E-state index in [-0.39, 0.29) is 23.7 Å². The highest BCUT2D eigenvalue weighted by Crippen LogP contribution is 2.38. The van der Waals surface area contributed by atoms with Crippen LogP contribution in [0.2, 0.25) is 0 Å². The van der Waals surface area contributed by atoms with E-state index >= 15 is 0 Å². The summed E-state index contributed by atoms with van der Waals surface area (Å²) in [4.78, 5) is 39.9. The van der Waals surface area contributed by atoms with Crippen molar-refractivity contribution in [3.05, 3.63) is 89.1 Å². The molecule has 0 saturated heterocycles. The fourth-order valence-electron chi connectivity index (χ4n) is 5.40. The normalized spacial score (nSPS) is 13.5. The van der Waals surface area contributed by atoms with E-state index in [0.29, 0.717) is 17.5 Å². The third-order valence-corrected chi connectivity index (χ3v) is 7.36. The number of nitrogens with one attached hydrogen (secondary N) is 1. The zero-order chi connectivity index (χ0) is 28.5. The molecule has 0 spiro atoms. The number of anilines is 2. The number of carbonyl (C=O) groups is 1. The van der Waals surface area contributed by atoms with Crippen molar-refractivity contribution in [3.8, 4) is 22.6 Å². The first-order chi connectivity index (χ1) is 19.9. The van der Waals surface area contributed by atoms with Gasteiger partial charge in [0.15, 0.2) is 0 Å². The number of nitrogens with zero attached hydrogens (tertiary/aromatic N) is 5. The Bertz CT molecular complexity index is 1790. The Kier molecular flexibility index (Phi) is 6.92. The first-order valence-electron chi connectivity index (χ1n) is 13.5. The van der Waals surface area contributed by atoms with Crippen molar-refractivity contribution in [2.24, 2.45) is 0 Å². The van der Waals surface area contributed by atoms with Crippen LogP contribution in [0.1, 0.15) is 49.0 Å². The van der Waals surface area contributed by atoms with E-state index in [4.69, 9.17) is 10.5 Å². The van der Waals surface area contributed by atoms with Crippen molar-refractivity contribution < 1.29 is 13.9 Å². The van der Waals surface area contributed by atoms with Gasteiger partial charge in [0, 0.05) is 41.4 Å². The van der Waals surface area contributed by atoms with Gasteiger partial charge in [-0.15, -0.1) is 0 Å². The number of rotatable bonds is 7. The van der Waals surface area contributed by atoms with E-state index in [2.05, 4.69) is 31.0 Å². The Morgan fingerprint density at radius 3 is 2.59 bits per heavy atom. The third kappa shape index (κ3) is 4.90. The first kappa shape index (κ1) is 26.2. The molecule has 0 bridgehead atoms. The largest absolute Gasteiger partial charge is 0.493 e. The number of halogens is 1. The lowest BCUT2D eigenvalue weighted by molar-refractivity contribution is 0.102. The summed E-state index contributed by atoms with van der Waals surface area (Å²) in [6.45, 7) is 2.02. The number of aromatic nitrogens is 5. The second-order valence-electron chi connectivity index (χ2n) is 9.87. The van der Waals surface area contributed by atoms with Gasteiger partial charge in [0.1, 0.15) is 40.7 Å². The average Bonchev–Trinajstić information content (AvgIpc) is 3.64. The minimum atomic E-state index is -0.675. The van der Waals surface area contributed by atoms with Gasteiger partial charge in [-0.25, -0.2) is 19.3 Å². The minimum absolute atomic E-state index is 0.139. The van der Waals surface area contributed by atoms with Gasteiger partial charge in [-0.3, -0.25) is 14.2 Å². The number of ether oxygens (including phenoxy) is 1. The molecule has 0 unspecified atom stereocenters. The van der Waals surface area contributed by atoms with E-state index in [1.807, 2.05) is 6.07 Å². The molecule has 11 heteroatoms. The number of hydrogen-bond acceptors (Lipinski definition) is 7. The number of pyridine rings is 2. The van der Waals surface area contributed by atoms with E-state index in [9.17, 15) is 14.0 Å². The molecule has 0 radical (unpaired) electrons. The maximum absolute atomic E-state index is 13.4. The minimum Gasteiger partial charge on any atom is -0.493 e. The molecule has 1 aliphatic rings. The number of amides is 1. The smallest absolute Gasteiger partial charge is 0.271 e. The first-order valence-corrected chi connectivity index (χ1v) is 13.5. The summed E-state index contributed by atoms with van der Waals surface area (Å²) in [6.07, 6.45) is 11.2. The van der Waals surface area contributed by atoms with Gasteiger partial charge in [0.05, 0.1) is 12.0 Å². The topological polar surface area (TPSA) is 130 Å². The van der Waals surface area contributed by atoms with Crippen LogP contribution in [0, 0.1) is 5.82 Å². The summed E-state index contributed by atoms with van der Waals surface area (Å²) in [6, 6.07) is 10.8. The molecule has 4 heterocycles. The Hall–Kier alpha value is -5.06. The number of carbonyl (C=O) groups excluding carboxylic acids is 1. The summed E-state index contributed by atoms with van der Waals surface area (Å²) in [7, 11) is 0. The van der Waals surface area contributed by atoms with E-state index < -0.39 is 17.3 Å². The number of hydrogen-bond donors (Lipinski definition) is 2. The Morgan fingerprint density at radius 1 is 1.10 bits per heavy atom. The molecule has 0 atom stereocenters. The quantitative estimate of drug-likeness (QED) is 0.286. The summed E-state index contributed by atoms with van der Waals surface area (Å²) in [5.74, 6) is -0.324. The lowest BCUT2D eigenvalue weighted by Crippen LogP contribution is -2.29. The molecule has 3 N–H and O–H groups in total. The lowest BCUT2D eigenvalue weighted by Gasteiger charge is -2.13. The third-order valence-electron chi connectivity index (χ3n) is 7.36. The van der Waals surface area contributed by atoms with Crippen LogP contribution in [0.25, 0.3) is 27.8 Å². The molecule has 6 rings (SSSR count). The molecule has 5 aromatic rings. The Labute approximate surface area is 234 Å². The molecule has 0 aliphatic heterocycles. The standard InChI is InChI=1S/C30H28FN7O3/c1-2-41-23-13-14-37(21-10-8-19(31)9-11-21)30(40)26(23)29(39)36-24-12-7-18(15-33-24)22-16-38(20-5-3-4-6-20)28-25(22)27(32)34-17-35-28/h7-17,20H,2-6H2,1H3,(H2,32,34,35)(H,33,36,39). The van der Waals surface area contributed by atoms with Gasteiger partial charge in [-0.1, -0.05) is 12.8 Å². The molecule has 1 fully saturated rings. The second kappa shape index (κ2) is 10.8. The average molecular weight is 554 g/mol. The van der Waals surface area contributed by atoms with E-state index in [1.54, 1.807) is 19.2 Å². The zero-order valence-electron chi connectivity index (χ0n) is 22.4. The molecule has 4 aromatic heterocycles. The highest BCUT2D eigenvalue weighted by atomic mass is 19.1. The maximum Gasteiger partial charge on any atom is 0.271 e. The van der Waals surface area contributed by atoms with Crippen LogP contribution in [0.15, 0.2) is 72.2 Å². The van der Waals surface area contributed by atoms with Crippen molar-refractivity contribution >= 4 is 28.6 Å². The second-order valence-corrected chi connectivity index (χ2v) is 9.87. The molecule has 10 nitrogen and oxygen atoms in total. The van der Waals surface area contributed by atoms with Crippen molar-refractivity contribution in [2.45, 2.75) is 38.6 Å². The van der Waals surface area contributed by atoms with Crippen LogP contribution < -0.4 is 21.3 Å². The van der Waals surface area contributed by atoms with Crippen LogP contribution in [0.4, 0.5) is 16.0 Å². The molecule has 1 saturated carbocycles. The number of fused-ring (bicyclic) bond motifs is 1. The van der Waals surface area contributed by atoms with Gasteiger partial charge in [0.25, 0.3) is 11.5 Å². The predicted octanol–water partition coefficient (Wildman–Crippen LogP) is 5.13. The van der Waals surface area contributed by atoms with Crippen LogP contribution >= 0.6 is 0 Å². The summed E-state index contributed by atoms with van der Waals surface area (Å²) in [5, 5.41) is 3.47. The Morgan fingerprint density at radius 2 is 1.88 bits per heavy atom. The summed E-state index contributed by atoms with van der Waals surface area (Å²) >= 11 is 0. The van der Waals surface area contributed by atoms with Crippen molar-refractivity contribution in [1.82, 2.24) is 24.1 Å². The molecule has 1 aromatic carbocycles. The lowest BCUT2D eigenvalue weighted by atomic mass is 10.1. The maximum atomic E-state index is 13.4. The van der Waals surface area contributed by atoms with Gasteiger partial charge in [-0.2, -0.15) is 0 Å². The highest BCUT2D eigenvalue weighted by Gasteiger charge is 2.24. The van der Waals surface area contributed by atoms with E-state index in [1.165, 1.54) is 60.3 Å². The van der Waals surface area contributed by atoms with Gasteiger partial charge in [-0.05, 0) is 62.2 Å². The monoisotopic (exact) mass is 553 g/mol. The fourth-order valence-corrected chi connectivity index (χ4v) is 5.40. The number of nitrogen functional groups attached to an aromatic ring is 1. The van der Waals surface area contributed by atoms with Crippen LogP contribution in [-0.4, -0.2) is 36.6 Å². The highest BCUT2D eigenvalue weighted by molar-refractivity contribution is 6.06. The van der Waals surface area contributed by atoms with Crippen LogP contribution in [0.3, 0.4) is 0 Å². The number of benzene rings is 1. The molecule has 41 heavy (non-hydrogen) atoms. The van der Waals surface area contributed by atoms with Crippen molar-refractivity contribution in [3.63, 3.8) is 0 Å². The van der Waals surface area contributed by atoms with Crippen molar-refractivity contribution in [2.75, 3.05) is 17.7 Å². The molecular formula is C30H28FN7O3. The predicted molar refractivity (Wildman–Crippen MR) is 154 cm³/mol. The molecule has 208 valence electrons. The summed E-state index contributed by atoms with van der Waals surface area (Å²) in [5.41, 5.74) is 8.34. The SMILES string of the molecule is CCOc1ccn(-c2ccc(F)cc2)c(=O)c1C(=O)Nc1ccc(-c2cn(C3CCCC3)c3ncnc(N)c23)cn1. The van der Waals surface area contributed by atoms with Gasteiger partial charge < -0.3 is 20.4 Å². The Balaban J connectivity index is 1.32.